The smallest absolute Gasteiger partial charge is 0.336 e. The number of hydrogen-bond acceptors (Lipinski definition) is 2. The number of hydrogen-bond donors (Lipinski definition) is 1. The molecule has 0 unspecified atom stereocenters. The van der Waals surface area contributed by atoms with Gasteiger partial charge in [-0.1, -0.05) is 30.3 Å². The Morgan fingerprint density at radius 1 is 1.06 bits per heavy atom. The maximum Gasteiger partial charge on any atom is 0.336 e. The van der Waals surface area contributed by atoms with Crippen LogP contribution in [0.15, 0.2) is 36.4 Å². The van der Waals surface area contributed by atoms with Crippen molar-refractivity contribution in [1.82, 2.24) is 0 Å². The van der Waals surface area contributed by atoms with Gasteiger partial charge in [-0.25, -0.2) is 4.79 Å². The molecule has 18 heavy (non-hydrogen) atoms. The van der Waals surface area contributed by atoms with Gasteiger partial charge in [0.25, 0.3) is 0 Å². The average molecular weight is 238 g/mol. The van der Waals surface area contributed by atoms with Gasteiger partial charge in [-0.2, -0.15) is 0 Å². The number of aldehydes is 1. The quantitative estimate of drug-likeness (QED) is 0.698. The Labute approximate surface area is 104 Å². The lowest BCUT2D eigenvalue weighted by atomic mass is 9.96. The topological polar surface area (TPSA) is 54.4 Å². The van der Waals surface area contributed by atoms with Crippen LogP contribution in [0.3, 0.4) is 0 Å². The minimum absolute atomic E-state index is 0.264. The van der Waals surface area contributed by atoms with E-state index in [1.165, 1.54) is 0 Å². The Hall–Kier alpha value is -2.42. The van der Waals surface area contributed by atoms with Crippen LogP contribution in [0.4, 0.5) is 0 Å². The first-order valence-electron chi connectivity index (χ1n) is 5.65. The summed E-state index contributed by atoms with van der Waals surface area (Å²) < 4.78 is 0. The van der Waals surface area contributed by atoms with Gasteiger partial charge < -0.3 is 5.11 Å². The maximum atomic E-state index is 11.3. The Morgan fingerprint density at radius 3 is 2.39 bits per heavy atom. The molecule has 0 saturated carbocycles. The fourth-order valence-electron chi connectivity index (χ4n) is 2.60. The summed E-state index contributed by atoms with van der Waals surface area (Å²) in [4.78, 5) is 22.4. The largest absolute Gasteiger partial charge is 0.478 e. The predicted octanol–water partition coefficient (Wildman–Crippen LogP) is 2.77. The van der Waals surface area contributed by atoms with Crippen LogP contribution in [0, 0.1) is 0 Å². The van der Waals surface area contributed by atoms with E-state index >= 15 is 0 Å². The Bertz CT molecular complexity index is 671. The number of fused-ring (bicyclic) bond motifs is 3. The third-order valence-electron chi connectivity index (χ3n) is 3.32. The molecule has 88 valence electrons. The number of rotatable bonds is 2. The number of carboxylic acid groups (broad SMARTS) is 1. The SMILES string of the molecule is O=Cc1cccc2c1-c1c(cccc1C(=O)O)C2. The molecule has 0 spiro atoms. The highest BCUT2D eigenvalue weighted by atomic mass is 16.4. The summed E-state index contributed by atoms with van der Waals surface area (Å²) in [5, 5.41) is 9.25. The highest BCUT2D eigenvalue weighted by Gasteiger charge is 2.25. The van der Waals surface area contributed by atoms with Gasteiger partial charge in [-0.05, 0) is 29.2 Å². The molecule has 0 amide bonds. The molecule has 3 nitrogen and oxygen atoms in total. The molecule has 0 saturated heterocycles. The number of carbonyl (C=O) groups excluding carboxylic acids is 1. The van der Waals surface area contributed by atoms with Crippen molar-refractivity contribution in [2.45, 2.75) is 6.42 Å². The monoisotopic (exact) mass is 238 g/mol. The van der Waals surface area contributed by atoms with E-state index in [9.17, 15) is 14.7 Å². The number of carboxylic acids is 1. The molecule has 0 bridgehead atoms. The summed E-state index contributed by atoms with van der Waals surface area (Å²) >= 11 is 0. The van der Waals surface area contributed by atoms with Crippen molar-refractivity contribution in [3.63, 3.8) is 0 Å². The molecule has 2 aromatic rings. The molecule has 0 aromatic heterocycles. The van der Waals surface area contributed by atoms with Crippen LogP contribution in [0.1, 0.15) is 31.8 Å². The zero-order valence-electron chi connectivity index (χ0n) is 9.51. The van der Waals surface area contributed by atoms with E-state index in [0.29, 0.717) is 17.5 Å². The molecular weight excluding hydrogens is 228 g/mol. The number of carbonyl (C=O) groups is 2. The molecule has 1 aliphatic carbocycles. The zero-order chi connectivity index (χ0) is 12.7. The molecule has 3 heteroatoms. The average Bonchev–Trinajstić information content (AvgIpc) is 2.76. The zero-order valence-corrected chi connectivity index (χ0v) is 9.51. The van der Waals surface area contributed by atoms with Gasteiger partial charge in [0.05, 0.1) is 5.56 Å². The molecule has 0 atom stereocenters. The molecule has 0 radical (unpaired) electrons. The van der Waals surface area contributed by atoms with Gasteiger partial charge in [0.15, 0.2) is 6.29 Å². The predicted molar refractivity (Wildman–Crippen MR) is 67.0 cm³/mol. The van der Waals surface area contributed by atoms with E-state index in [2.05, 4.69) is 0 Å². The van der Waals surface area contributed by atoms with Crippen LogP contribution in [0.25, 0.3) is 11.1 Å². The van der Waals surface area contributed by atoms with Crippen LogP contribution in [0.2, 0.25) is 0 Å². The highest BCUT2D eigenvalue weighted by molar-refractivity contribution is 6.02. The van der Waals surface area contributed by atoms with Crippen molar-refractivity contribution in [3.8, 4) is 11.1 Å². The number of benzene rings is 2. The van der Waals surface area contributed by atoms with Gasteiger partial charge in [-0.3, -0.25) is 4.79 Å². The van der Waals surface area contributed by atoms with Gasteiger partial charge >= 0.3 is 5.97 Å². The summed E-state index contributed by atoms with van der Waals surface area (Å²) in [5.41, 5.74) is 4.28. The summed E-state index contributed by atoms with van der Waals surface area (Å²) in [6.07, 6.45) is 1.47. The van der Waals surface area contributed by atoms with E-state index in [-0.39, 0.29) is 5.56 Å². The van der Waals surface area contributed by atoms with E-state index in [1.807, 2.05) is 18.2 Å². The normalized spacial score (nSPS) is 11.8. The van der Waals surface area contributed by atoms with Crippen molar-refractivity contribution < 1.29 is 14.7 Å². The summed E-state index contributed by atoms with van der Waals surface area (Å²) in [5.74, 6) is -0.958. The Balaban J connectivity index is 2.38. The molecule has 1 N–H and O–H groups in total. The molecule has 0 aliphatic heterocycles. The van der Waals surface area contributed by atoms with Crippen LogP contribution >= 0.6 is 0 Å². The minimum Gasteiger partial charge on any atom is -0.478 e. The second-order valence-electron chi connectivity index (χ2n) is 4.32. The van der Waals surface area contributed by atoms with Crippen molar-refractivity contribution in [1.29, 1.82) is 0 Å². The third-order valence-corrected chi connectivity index (χ3v) is 3.32. The van der Waals surface area contributed by atoms with Crippen LogP contribution < -0.4 is 0 Å². The van der Waals surface area contributed by atoms with Crippen LogP contribution in [-0.2, 0) is 6.42 Å². The van der Waals surface area contributed by atoms with Crippen molar-refractivity contribution in [2.75, 3.05) is 0 Å². The summed E-state index contributed by atoms with van der Waals surface area (Å²) in [7, 11) is 0. The summed E-state index contributed by atoms with van der Waals surface area (Å²) in [6.45, 7) is 0. The molecule has 3 rings (SSSR count). The fourth-order valence-corrected chi connectivity index (χ4v) is 2.60. The first-order valence-corrected chi connectivity index (χ1v) is 5.65. The van der Waals surface area contributed by atoms with E-state index in [0.717, 1.165) is 23.0 Å². The van der Waals surface area contributed by atoms with Crippen LogP contribution in [-0.4, -0.2) is 17.4 Å². The number of aromatic carboxylic acids is 1. The van der Waals surface area contributed by atoms with Gasteiger partial charge in [0.2, 0.25) is 0 Å². The molecule has 1 aliphatic rings. The van der Waals surface area contributed by atoms with E-state index < -0.39 is 5.97 Å². The molecular formula is C15H10O3. The van der Waals surface area contributed by atoms with E-state index in [4.69, 9.17) is 0 Å². The van der Waals surface area contributed by atoms with Gasteiger partial charge in [0, 0.05) is 11.1 Å². The van der Waals surface area contributed by atoms with Crippen LogP contribution in [0.5, 0.6) is 0 Å². The lowest BCUT2D eigenvalue weighted by Crippen LogP contribution is -2.00. The molecule has 0 heterocycles. The van der Waals surface area contributed by atoms with E-state index in [1.54, 1.807) is 18.2 Å². The third kappa shape index (κ3) is 1.37. The van der Waals surface area contributed by atoms with Gasteiger partial charge in [-0.15, -0.1) is 0 Å². The lowest BCUT2D eigenvalue weighted by Gasteiger charge is -2.07. The first-order chi connectivity index (χ1) is 8.72. The minimum atomic E-state index is -0.958. The first kappa shape index (κ1) is 10.7. The maximum absolute atomic E-state index is 11.3. The fraction of sp³-hybridized carbons (Fsp3) is 0.0667. The second-order valence-corrected chi connectivity index (χ2v) is 4.32. The Kier molecular flexibility index (Phi) is 2.27. The van der Waals surface area contributed by atoms with Crippen molar-refractivity contribution in [3.05, 3.63) is 58.7 Å². The second kappa shape index (κ2) is 3.81. The highest BCUT2D eigenvalue weighted by Crippen LogP contribution is 2.40. The Morgan fingerprint density at radius 2 is 1.72 bits per heavy atom. The lowest BCUT2D eigenvalue weighted by molar-refractivity contribution is 0.0697. The standard InChI is InChI=1S/C15H10O3/c16-8-11-5-1-3-9-7-10-4-2-6-12(15(17)18)14(10)13(9)11/h1-6,8H,7H2,(H,17,18). The van der Waals surface area contributed by atoms with Gasteiger partial charge in [0.1, 0.15) is 0 Å². The summed E-state index contributed by atoms with van der Waals surface area (Å²) in [6, 6.07) is 10.7. The molecule has 2 aromatic carbocycles. The van der Waals surface area contributed by atoms with Crippen molar-refractivity contribution >= 4 is 12.3 Å². The molecule has 0 fully saturated rings. The van der Waals surface area contributed by atoms with Crippen molar-refractivity contribution in [2.24, 2.45) is 0 Å².